The highest BCUT2D eigenvalue weighted by atomic mass is 127. The molecule has 0 atom stereocenters. The normalized spacial score (nSPS) is 22.8. The van der Waals surface area contributed by atoms with Crippen molar-refractivity contribution in [3.63, 3.8) is 0 Å². The van der Waals surface area contributed by atoms with Crippen LogP contribution in [0.4, 0.5) is 5.69 Å². The molecule has 104 valence electrons. The van der Waals surface area contributed by atoms with Crippen LogP contribution in [0.5, 0.6) is 0 Å². The van der Waals surface area contributed by atoms with E-state index in [2.05, 4.69) is 52.2 Å². The summed E-state index contributed by atoms with van der Waals surface area (Å²) in [5.74, 6) is 0.754. The Hall–Kier alpha value is -0.780. The fourth-order valence-electron chi connectivity index (χ4n) is 2.60. The lowest BCUT2D eigenvalue weighted by atomic mass is 9.82. The predicted molar refractivity (Wildman–Crippen MR) is 85.1 cm³/mol. The summed E-state index contributed by atoms with van der Waals surface area (Å²) in [6, 6.07) is 8.44. The molecule has 0 aromatic heterocycles. The molecule has 0 saturated heterocycles. The molecule has 2 rings (SSSR count). The largest absolute Gasteiger partial charge is 0.469 e. The van der Waals surface area contributed by atoms with Crippen LogP contribution in [0.1, 0.15) is 25.7 Å². The van der Waals surface area contributed by atoms with Gasteiger partial charge in [0.1, 0.15) is 0 Å². The first-order chi connectivity index (χ1) is 9.19. The monoisotopic (exact) mass is 373 g/mol. The molecular formula is C15H20INO2. The molecule has 0 unspecified atom stereocenters. The van der Waals surface area contributed by atoms with Gasteiger partial charge in [-0.05, 0) is 78.5 Å². The number of carbonyl (C=O) groups excluding carboxylic acids is 1. The Kier molecular flexibility index (Phi) is 5.48. The van der Waals surface area contributed by atoms with Crippen molar-refractivity contribution in [2.45, 2.75) is 25.7 Å². The first-order valence-corrected chi connectivity index (χ1v) is 7.84. The predicted octanol–water partition coefficient (Wildman–Crippen LogP) is 3.68. The third kappa shape index (κ3) is 4.37. The molecule has 0 amide bonds. The van der Waals surface area contributed by atoms with E-state index in [4.69, 9.17) is 4.74 Å². The van der Waals surface area contributed by atoms with Crippen LogP contribution in [0.2, 0.25) is 0 Å². The minimum absolute atomic E-state index is 0.0379. The van der Waals surface area contributed by atoms with Crippen molar-refractivity contribution in [3.8, 4) is 0 Å². The van der Waals surface area contributed by atoms with Gasteiger partial charge in [0.05, 0.1) is 13.0 Å². The fraction of sp³-hybridized carbons (Fsp3) is 0.533. The van der Waals surface area contributed by atoms with Gasteiger partial charge in [0.2, 0.25) is 0 Å². The Morgan fingerprint density at radius 1 is 1.26 bits per heavy atom. The highest BCUT2D eigenvalue weighted by molar-refractivity contribution is 14.1. The van der Waals surface area contributed by atoms with E-state index >= 15 is 0 Å². The molecular weight excluding hydrogens is 353 g/mol. The number of nitrogens with one attached hydrogen (secondary N) is 1. The second-order valence-electron chi connectivity index (χ2n) is 5.13. The van der Waals surface area contributed by atoms with Gasteiger partial charge < -0.3 is 10.1 Å². The van der Waals surface area contributed by atoms with Crippen LogP contribution < -0.4 is 5.32 Å². The Labute approximate surface area is 128 Å². The number of methoxy groups -OCH3 is 1. The smallest absolute Gasteiger partial charge is 0.308 e. The average Bonchev–Trinajstić information content (AvgIpc) is 2.46. The Morgan fingerprint density at radius 3 is 2.47 bits per heavy atom. The van der Waals surface area contributed by atoms with E-state index in [1.54, 1.807) is 0 Å². The molecule has 0 spiro atoms. The fourth-order valence-corrected chi connectivity index (χ4v) is 2.96. The van der Waals surface area contributed by atoms with Gasteiger partial charge in [0.15, 0.2) is 0 Å². The number of halogens is 1. The van der Waals surface area contributed by atoms with Crippen LogP contribution in [0.25, 0.3) is 0 Å². The molecule has 1 aromatic carbocycles. The number of anilines is 1. The number of carbonyl (C=O) groups is 1. The van der Waals surface area contributed by atoms with Gasteiger partial charge in [-0.3, -0.25) is 4.79 Å². The number of hydrogen-bond donors (Lipinski definition) is 1. The van der Waals surface area contributed by atoms with Crippen molar-refractivity contribution in [3.05, 3.63) is 27.8 Å². The van der Waals surface area contributed by atoms with Crippen LogP contribution in [-0.4, -0.2) is 19.6 Å². The Morgan fingerprint density at radius 2 is 1.89 bits per heavy atom. The summed E-state index contributed by atoms with van der Waals surface area (Å²) >= 11 is 2.31. The summed E-state index contributed by atoms with van der Waals surface area (Å²) in [5, 5.41) is 3.48. The zero-order chi connectivity index (χ0) is 13.7. The molecule has 3 nitrogen and oxygen atoms in total. The number of esters is 1. The van der Waals surface area contributed by atoms with Crippen LogP contribution in [0, 0.1) is 15.4 Å². The molecule has 0 aliphatic heterocycles. The summed E-state index contributed by atoms with van der Waals surface area (Å²) in [6.07, 6.45) is 4.14. The molecule has 4 heteroatoms. The van der Waals surface area contributed by atoms with Gasteiger partial charge >= 0.3 is 5.97 Å². The van der Waals surface area contributed by atoms with E-state index in [1.807, 2.05) is 0 Å². The lowest BCUT2D eigenvalue weighted by Gasteiger charge is -2.27. The minimum Gasteiger partial charge on any atom is -0.469 e. The molecule has 0 bridgehead atoms. The molecule has 1 N–H and O–H groups in total. The molecule has 1 aliphatic rings. The summed E-state index contributed by atoms with van der Waals surface area (Å²) in [4.78, 5) is 11.4. The van der Waals surface area contributed by atoms with Crippen LogP contribution in [0.3, 0.4) is 0 Å². The van der Waals surface area contributed by atoms with Crippen LogP contribution >= 0.6 is 22.6 Å². The van der Waals surface area contributed by atoms with Crippen molar-refractivity contribution in [1.29, 1.82) is 0 Å². The van der Waals surface area contributed by atoms with E-state index in [0.717, 1.165) is 32.2 Å². The zero-order valence-corrected chi connectivity index (χ0v) is 13.4. The van der Waals surface area contributed by atoms with Crippen molar-refractivity contribution in [2.75, 3.05) is 19.0 Å². The lowest BCUT2D eigenvalue weighted by molar-refractivity contribution is -0.146. The molecule has 0 radical (unpaired) electrons. The van der Waals surface area contributed by atoms with Gasteiger partial charge in [-0.2, -0.15) is 0 Å². The van der Waals surface area contributed by atoms with Gasteiger partial charge in [-0.15, -0.1) is 0 Å². The average molecular weight is 373 g/mol. The number of benzene rings is 1. The third-order valence-corrected chi connectivity index (χ3v) is 4.54. The number of hydrogen-bond acceptors (Lipinski definition) is 3. The summed E-state index contributed by atoms with van der Waals surface area (Å²) < 4.78 is 6.06. The van der Waals surface area contributed by atoms with E-state index < -0.39 is 0 Å². The molecule has 1 fully saturated rings. The van der Waals surface area contributed by atoms with Gasteiger partial charge in [-0.1, -0.05) is 0 Å². The van der Waals surface area contributed by atoms with E-state index in [9.17, 15) is 4.79 Å². The van der Waals surface area contributed by atoms with E-state index in [1.165, 1.54) is 16.4 Å². The number of rotatable bonds is 4. The van der Waals surface area contributed by atoms with E-state index in [-0.39, 0.29) is 11.9 Å². The summed E-state index contributed by atoms with van der Waals surface area (Å²) in [5.41, 5.74) is 1.18. The molecule has 19 heavy (non-hydrogen) atoms. The second-order valence-corrected chi connectivity index (χ2v) is 6.37. The van der Waals surface area contributed by atoms with Crippen molar-refractivity contribution >= 4 is 34.2 Å². The summed E-state index contributed by atoms with van der Waals surface area (Å²) in [7, 11) is 1.48. The summed E-state index contributed by atoms with van der Waals surface area (Å²) in [6.45, 7) is 0.995. The minimum atomic E-state index is -0.0379. The Balaban J connectivity index is 1.74. The van der Waals surface area contributed by atoms with Gasteiger partial charge in [0, 0.05) is 15.8 Å². The molecule has 1 aromatic rings. The second kappa shape index (κ2) is 7.12. The molecule has 1 aliphatic carbocycles. The van der Waals surface area contributed by atoms with Gasteiger partial charge in [0.25, 0.3) is 0 Å². The molecule has 0 heterocycles. The zero-order valence-electron chi connectivity index (χ0n) is 11.2. The SMILES string of the molecule is COC(=O)C1CCC(CNc2ccc(I)cc2)CC1. The maximum absolute atomic E-state index is 11.4. The highest BCUT2D eigenvalue weighted by Crippen LogP contribution is 2.29. The Bertz CT molecular complexity index is 411. The maximum atomic E-state index is 11.4. The maximum Gasteiger partial charge on any atom is 0.308 e. The van der Waals surface area contributed by atoms with Crippen molar-refractivity contribution < 1.29 is 9.53 Å². The van der Waals surface area contributed by atoms with Crippen molar-refractivity contribution in [2.24, 2.45) is 11.8 Å². The van der Waals surface area contributed by atoms with Crippen LogP contribution in [-0.2, 0) is 9.53 Å². The van der Waals surface area contributed by atoms with E-state index in [0.29, 0.717) is 5.92 Å². The quantitative estimate of drug-likeness (QED) is 0.647. The standard InChI is InChI=1S/C15H20INO2/c1-19-15(18)12-4-2-11(3-5-12)10-17-14-8-6-13(16)7-9-14/h6-9,11-12,17H,2-5,10H2,1H3. The first kappa shape index (κ1) is 14.6. The topological polar surface area (TPSA) is 38.3 Å². The third-order valence-electron chi connectivity index (χ3n) is 3.82. The van der Waals surface area contributed by atoms with Crippen LogP contribution in [0.15, 0.2) is 24.3 Å². The molecule has 1 saturated carbocycles. The number of ether oxygens (including phenoxy) is 1. The van der Waals surface area contributed by atoms with Crippen molar-refractivity contribution in [1.82, 2.24) is 0 Å². The first-order valence-electron chi connectivity index (χ1n) is 6.76. The lowest BCUT2D eigenvalue weighted by Crippen LogP contribution is -2.26. The highest BCUT2D eigenvalue weighted by Gasteiger charge is 2.26. The van der Waals surface area contributed by atoms with Gasteiger partial charge in [-0.25, -0.2) is 0 Å².